The van der Waals surface area contributed by atoms with E-state index in [-0.39, 0.29) is 5.41 Å². The van der Waals surface area contributed by atoms with E-state index in [1.54, 1.807) is 0 Å². The molecule has 0 aliphatic heterocycles. The van der Waals surface area contributed by atoms with Crippen molar-refractivity contribution >= 4 is 23.2 Å². The molecule has 1 rings (SSSR count). The van der Waals surface area contributed by atoms with Crippen LogP contribution in [0.3, 0.4) is 0 Å². The summed E-state index contributed by atoms with van der Waals surface area (Å²) in [6.07, 6.45) is 0.893. The lowest BCUT2D eigenvalue weighted by Crippen LogP contribution is -2.36. The largest absolute Gasteiger partial charge is 0.319 e. The SMILES string of the molecule is CNCC(C)(Cc1c(Cl)cccc1Cl)C(C)C. The van der Waals surface area contributed by atoms with Crippen molar-refractivity contribution in [2.45, 2.75) is 27.2 Å². The van der Waals surface area contributed by atoms with Gasteiger partial charge in [0.25, 0.3) is 0 Å². The lowest BCUT2D eigenvalue weighted by molar-refractivity contribution is 0.212. The molecule has 0 amide bonds. The van der Waals surface area contributed by atoms with Crippen molar-refractivity contribution in [3.8, 4) is 0 Å². The Morgan fingerprint density at radius 2 is 1.76 bits per heavy atom. The maximum Gasteiger partial charge on any atom is 0.0453 e. The zero-order valence-corrected chi connectivity index (χ0v) is 12.5. The molecule has 0 aromatic heterocycles. The first-order valence-corrected chi connectivity index (χ1v) is 6.74. The van der Waals surface area contributed by atoms with Crippen molar-refractivity contribution in [1.29, 1.82) is 0 Å². The highest BCUT2D eigenvalue weighted by Crippen LogP contribution is 2.35. The van der Waals surface area contributed by atoms with E-state index in [4.69, 9.17) is 23.2 Å². The van der Waals surface area contributed by atoms with Gasteiger partial charge in [-0.1, -0.05) is 50.0 Å². The van der Waals surface area contributed by atoms with Gasteiger partial charge >= 0.3 is 0 Å². The zero-order valence-electron chi connectivity index (χ0n) is 11.0. The van der Waals surface area contributed by atoms with Crippen LogP contribution >= 0.6 is 23.2 Å². The summed E-state index contributed by atoms with van der Waals surface area (Å²) in [5.41, 5.74) is 1.21. The summed E-state index contributed by atoms with van der Waals surface area (Å²) in [5, 5.41) is 4.79. The minimum absolute atomic E-state index is 0.156. The first kappa shape index (κ1) is 14.8. The van der Waals surface area contributed by atoms with Gasteiger partial charge in [0.1, 0.15) is 0 Å². The van der Waals surface area contributed by atoms with Crippen LogP contribution in [0.5, 0.6) is 0 Å². The van der Waals surface area contributed by atoms with Crippen molar-refractivity contribution in [2.75, 3.05) is 13.6 Å². The predicted molar refractivity (Wildman–Crippen MR) is 77.0 cm³/mol. The molecule has 96 valence electrons. The molecule has 0 bridgehead atoms. The summed E-state index contributed by atoms with van der Waals surface area (Å²) < 4.78 is 0. The topological polar surface area (TPSA) is 12.0 Å². The van der Waals surface area contributed by atoms with Crippen molar-refractivity contribution < 1.29 is 0 Å². The molecule has 1 atom stereocenters. The van der Waals surface area contributed by atoms with Gasteiger partial charge in [0, 0.05) is 16.6 Å². The Labute approximate surface area is 115 Å². The van der Waals surface area contributed by atoms with Gasteiger partial charge in [0.05, 0.1) is 0 Å². The summed E-state index contributed by atoms with van der Waals surface area (Å²) in [5.74, 6) is 0.558. The van der Waals surface area contributed by atoms with E-state index in [1.165, 1.54) is 0 Å². The fourth-order valence-electron chi connectivity index (χ4n) is 1.98. The molecule has 0 spiro atoms. The van der Waals surface area contributed by atoms with Crippen LogP contribution in [-0.2, 0) is 6.42 Å². The van der Waals surface area contributed by atoms with Crippen molar-refractivity contribution in [1.82, 2.24) is 5.32 Å². The molecule has 1 aromatic carbocycles. The number of hydrogen-bond acceptors (Lipinski definition) is 1. The van der Waals surface area contributed by atoms with E-state index < -0.39 is 0 Å². The number of benzene rings is 1. The maximum absolute atomic E-state index is 6.24. The van der Waals surface area contributed by atoms with Gasteiger partial charge in [-0.2, -0.15) is 0 Å². The Bertz CT molecular complexity index is 356. The van der Waals surface area contributed by atoms with Crippen LogP contribution in [0.1, 0.15) is 26.3 Å². The molecule has 0 radical (unpaired) electrons. The van der Waals surface area contributed by atoms with Gasteiger partial charge in [0.2, 0.25) is 0 Å². The zero-order chi connectivity index (χ0) is 13.1. The third-order valence-corrected chi connectivity index (χ3v) is 4.32. The second-order valence-corrected chi connectivity index (χ2v) is 6.03. The van der Waals surface area contributed by atoms with Gasteiger partial charge in [-0.25, -0.2) is 0 Å². The van der Waals surface area contributed by atoms with Crippen LogP contribution in [0.2, 0.25) is 10.0 Å². The van der Waals surface area contributed by atoms with Crippen molar-refractivity contribution in [3.05, 3.63) is 33.8 Å². The van der Waals surface area contributed by atoms with E-state index in [1.807, 2.05) is 25.2 Å². The average molecular weight is 274 g/mol. The first-order valence-electron chi connectivity index (χ1n) is 5.98. The van der Waals surface area contributed by atoms with E-state index in [2.05, 4.69) is 26.1 Å². The van der Waals surface area contributed by atoms with Crippen LogP contribution in [0.4, 0.5) is 0 Å². The third-order valence-electron chi connectivity index (χ3n) is 3.62. The molecular formula is C14H21Cl2N. The first-order chi connectivity index (χ1) is 7.90. The fraction of sp³-hybridized carbons (Fsp3) is 0.571. The minimum atomic E-state index is 0.156. The van der Waals surface area contributed by atoms with Crippen LogP contribution in [0.15, 0.2) is 18.2 Å². The number of rotatable bonds is 5. The van der Waals surface area contributed by atoms with Gasteiger partial charge in [0.15, 0.2) is 0 Å². The molecular weight excluding hydrogens is 253 g/mol. The third kappa shape index (κ3) is 3.61. The summed E-state index contributed by atoms with van der Waals surface area (Å²) in [6.45, 7) is 7.70. The molecule has 0 aliphatic carbocycles. The Hall–Kier alpha value is -0.240. The highest BCUT2D eigenvalue weighted by atomic mass is 35.5. The summed E-state index contributed by atoms with van der Waals surface area (Å²) in [4.78, 5) is 0. The molecule has 0 saturated carbocycles. The molecule has 17 heavy (non-hydrogen) atoms. The Morgan fingerprint density at radius 1 is 1.24 bits per heavy atom. The molecule has 1 aromatic rings. The van der Waals surface area contributed by atoms with Crippen LogP contribution < -0.4 is 5.32 Å². The number of hydrogen-bond donors (Lipinski definition) is 1. The number of nitrogens with one attached hydrogen (secondary N) is 1. The summed E-state index contributed by atoms with van der Waals surface area (Å²) in [7, 11) is 1.98. The van der Waals surface area contributed by atoms with Crippen LogP contribution in [-0.4, -0.2) is 13.6 Å². The quantitative estimate of drug-likeness (QED) is 0.838. The molecule has 3 heteroatoms. The van der Waals surface area contributed by atoms with Crippen molar-refractivity contribution in [2.24, 2.45) is 11.3 Å². The molecule has 0 heterocycles. The molecule has 0 saturated heterocycles. The van der Waals surface area contributed by atoms with Crippen molar-refractivity contribution in [3.63, 3.8) is 0 Å². The highest BCUT2D eigenvalue weighted by Gasteiger charge is 2.29. The lowest BCUT2D eigenvalue weighted by Gasteiger charge is -2.34. The lowest BCUT2D eigenvalue weighted by atomic mass is 9.74. The van der Waals surface area contributed by atoms with Crippen LogP contribution in [0.25, 0.3) is 0 Å². The molecule has 0 aliphatic rings. The second-order valence-electron chi connectivity index (χ2n) is 5.22. The smallest absolute Gasteiger partial charge is 0.0453 e. The molecule has 1 unspecified atom stereocenters. The fourth-order valence-corrected chi connectivity index (χ4v) is 2.51. The predicted octanol–water partition coefficient (Wildman–Crippen LogP) is 4.42. The average Bonchev–Trinajstić information content (AvgIpc) is 2.24. The molecule has 1 nitrogen and oxygen atoms in total. The molecule has 0 fully saturated rings. The standard InChI is InChI=1S/C14H21Cl2N/c1-10(2)14(3,9-17-4)8-11-12(15)6-5-7-13(11)16/h5-7,10,17H,8-9H2,1-4H3. The van der Waals surface area contributed by atoms with E-state index >= 15 is 0 Å². The Kier molecular flexibility index (Phi) is 5.30. The van der Waals surface area contributed by atoms with Gasteiger partial charge in [-0.3, -0.25) is 0 Å². The van der Waals surface area contributed by atoms with Gasteiger partial charge < -0.3 is 5.32 Å². The maximum atomic E-state index is 6.24. The Morgan fingerprint density at radius 3 is 2.18 bits per heavy atom. The summed E-state index contributed by atoms with van der Waals surface area (Å²) in [6, 6.07) is 5.70. The Balaban J connectivity index is 3.02. The van der Waals surface area contributed by atoms with Crippen LogP contribution in [0, 0.1) is 11.3 Å². The number of halogens is 2. The normalized spacial score (nSPS) is 15.0. The molecule has 1 N–H and O–H groups in total. The van der Waals surface area contributed by atoms with Gasteiger partial charge in [-0.05, 0) is 42.5 Å². The monoisotopic (exact) mass is 273 g/mol. The van der Waals surface area contributed by atoms with E-state index in [9.17, 15) is 0 Å². The second kappa shape index (κ2) is 6.08. The highest BCUT2D eigenvalue weighted by molar-refractivity contribution is 6.36. The van der Waals surface area contributed by atoms with E-state index in [0.717, 1.165) is 28.6 Å². The minimum Gasteiger partial charge on any atom is -0.319 e. The van der Waals surface area contributed by atoms with E-state index in [0.29, 0.717) is 5.92 Å². The summed E-state index contributed by atoms with van der Waals surface area (Å²) >= 11 is 12.5. The van der Waals surface area contributed by atoms with Gasteiger partial charge in [-0.15, -0.1) is 0 Å².